The van der Waals surface area contributed by atoms with Gasteiger partial charge in [0.05, 0.1) is 11.4 Å². The Labute approximate surface area is 178 Å². The summed E-state index contributed by atoms with van der Waals surface area (Å²) in [6, 6.07) is 19.0. The molecule has 30 heavy (non-hydrogen) atoms. The van der Waals surface area contributed by atoms with Gasteiger partial charge in [-0.25, -0.2) is 14.1 Å². The maximum atomic E-state index is 13.9. The van der Waals surface area contributed by atoms with Crippen molar-refractivity contribution in [2.45, 2.75) is 13.8 Å². The zero-order chi connectivity index (χ0) is 21.3. The van der Waals surface area contributed by atoms with E-state index in [2.05, 4.69) is 15.4 Å². The summed E-state index contributed by atoms with van der Waals surface area (Å²) in [7, 11) is 0. The summed E-state index contributed by atoms with van der Waals surface area (Å²) in [5.41, 5.74) is 3.64. The molecule has 0 radical (unpaired) electrons. The maximum absolute atomic E-state index is 13.9. The number of hydrogen-bond acceptors (Lipinski definition) is 3. The van der Waals surface area contributed by atoms with Gasteiger partial charge in [-0.15, -0.1) is 5.10 Å². The van der Waals surface area contributed by atoms with Crippen LogP contribution in [0, 0.1) is 19.7 Å². The topological polar surface area (TPSA) is 59.8 Å². The Morgan fingerprint density at radius 2 is 1.77 bits per heavy atom. The first-order valence-corrected chi connectivity index (χ1v) is 9.66. The summed E-state index contributed by atoms with van der Waals surface area (Å²) >= 11 is 6.02. The van der Waals surface area contributed by atoms with Crippen molar-refractivity contribution in [3.05, 3.63) is 94.5 Å². The molecular formula is C23H18ClFN4O. The van der Waals surface area contributed by atoms with E-state index in [4.69, 9.17) is 11.6 Å². The van der Waals surface area contributed by atoms with Gasteiger partial charge >= 0.3 is 0 Å². The van der Waals surface area contributed by atoms with E-state index in [1.807, 2.05) is 44.2 Å². The highest BCUT2D eigenvalue weighted by Crippen LogP contribution is 2.25. The van der Waals surface area contributed by atoms with Gasteiger partial charge in [-0.05, 0) is 67.4 Å². The van der Waals surface area contributed by atoms with Crippen LogP contribution in [0.2, 0.25) is 5.02 Å². The highest BCUT2D eigenvalue weighted by atomic mass is 35.5. The molecule has 0 atom stereocenters. The first kappa shape index (κ1) is 19.8. The number of nitrogens with zero attached hydrogens (tertiary/aromatic N) is 3. The summed E-state index contributed by atoms with van der Waals surface area (Å²) in [6.45, 7) is 3.94. The summed E-state index contributed by atoms with van der Waals surface area (Å²) in [6.07, 6.45) is 0. The summed E-state index contributed by atoms with van der Waals surface area (Å²) in [5.74, 6) is -0.708. The smallest absolute Gasteiger partial charge is 0.295 e. The van der Waals surface area contributed by atoms with E-state index in [0.717, 1.165) is 22.4 Å². The predicted octanol–water partition coefficient (Wildman–Crippen LogP) is 5.60. The number of aromatic nitrogens is 3. The molecule has 7 heteroatoms. The zero-order valence-electron chi connectivity index (χ0n) is 16.4. The van der Waals surface area contributed by atoms with Crippen LogP contribution in [0.4, 0.5) is 10.1 Å². The van der Waals surface area contributed by atoms with Crippen LogP contribution in [0.5, 0.6) is 0 Å². The number of anilines is 1. The summed E-state index contributed by atoms with van der Waals surface area (Å²) in [5, 5.41) is 7.57. The van der Waals surface area contributed by atoms with Gasteiger partial charge in [0.1, 0.15) is 5.82 Å². The van der Waals surface area contributed by atoms with Gasteiger partial charge in [-0.1, -0.05) is 35.9 Å². The molecule has 0 saturated carbocycles. The Bertz CT molecular complexity index is 1230. The standard InChI is InChI=1S/C23H18ClFN4O/c1-14-7-8-15(2)20(13-14)29-22(16-9-11-17(24)12-10-16)27-21(28-29)23(30)26-19-6-4-3-5-18(19)25/h3-13H,1-2H3,(H,26,30). The molecule has 1 aromatic heterocycles. The molecule has 1 amide bonds. The quantitative estimate of drug-likeness (QED) is 0.467. The Kier molecular flexibility index (Phi) is 5.33. The second-order valence-corrected chi connectivity index (χ2v) is 7.34. The van der Waals surface area contributed by atoms with E-state index >= 15 is 0 Å². The van der Waals surface area contributed by atoms with E-state index < -0.39 is 11.7 Å². The fourth-order valence-corrected chi connectivity index (χ4v) is 3.18. The summed E-state index contributed by atoms with van der Waals surface area (Å²) < 4.78 is 15.6. The molecule has 0 bridgehead atoms. The van der Waals surface area contributed by atoms with Gasteiger partial charge in [-0.2, -0.15) is 0 Å². The largest absolute Gasteiger partial charge is 0.317 e. The van der Waals surface area contributed by atoms with E-state index in [-0.39, 0.29) is 11.5 Å². The van der Waals surface area contributed by atoms with Crippen molar-refractivity contribution in [3.8, 4) is 17.1 Å². The highest BCUT2D eigenvalue weighted by molar-refractivity contribution is 6.30. The lowest BCUT2D eigenvalue weighted by molar-refractivity contribution is 0.101. The lowest BCUT2D eigenvalue weighted by atomic mass is 10.1. The fourth-order valence-electron chi connectivity index (χ4n) is 3.05. The molecule has 5 nitrogen and oxygen atoms in total. The first-order chi connectivity index (χ1) is 14.4. The number of carbonyl (C=O) groups is 1. The van der Waals surface area contributed by atoms with Gasteiger partial charge in [0.2, 0.25) is 5.82 Å². The first-order valence-electron chi connectivity index (χ1n) is 9.29. The van der Waals surface area contributed by atoms with Crippen LogP contribution in [-0.4, -0.2) is 20.7 Å². The van der Waals surface area contributed by atoms with Crippen molar-refractivity contribution in [2.75, 3.05) is 5.32 Å². The van der Waals surface area contributed by atoms with Crippen LogP contribution in [0.3, 0.4) is 0 Å². The van der Waals surface area contributed by atoms with Gasteiger partial charge in [0.15, 0.2) is 5.82 Å². The maximum Gasteiger partial charge on any atom is 0.295 e. The molecule has 0 aliphatic carbocycles. The normalized spacial score (nSPS) is 10.8. The lowest BCUT2D eigenvalue weighted by Crippen LogP contribution is -2.15. The number of amides is 1. The van der Waals surface area contributed by atoms with Crippen LogP contribution in [0.1, 0.15) is 21.7 Å². The van der Waals surface area contributed by atoms with Crippen molar-refractivity contribution in [3.63, 3.8) is 0 Å². The van der Waals surface area contributed by atoms with Crippen molar-refractivity contribution in [2.24, 2.45) is 0 Å². The second-order valence-electron chi connectivity index (χ2n) is 6.90. The molecule has 0 aliphatic heterocycles. The number of benzene rings is 3. The molecule has 3 aromatic carbocycles. The molecule has 1 N–H and O–H groups in total. The number of hydrogen-bond donors (Lipinski definition) is 1. The minimum atomic E-state index is -0.598. The molecule has 1 heterocycles. The van der Waals surface area contributed by atoms with Gasteiger partial charge in [-0.3, -0.25) is 4.79 Å². The molecule has 0 saturated heterocycles. The summed E-state index contributed by atoms with van der Waals surface area (Å²) in [4.78, 5) is 17.2. The molecule has 0 spiro atoms. The van der Waals surface area contributed by atoms with Crippen LogP contribution in [0.15, 0.2) is 66.7 Å². The van der Waals surface area contributed by atoms with E-state index in [0.29, 0.717) is 10.8 Å². The zero-order valence-corrected chi connectivity index (χ0v) is 17.1. The Morgan fingerprint density at radius 1 is 1.03 bits per heavy atom. The van der Waals surface area contributed by atoms with Crippen LogP contribution < -0.4 is 5.32 Å². The van der Waals surface area contributed by atoms with Crippen LogP contribution in [-0.2, 0) is 0 Å². The molecule has 0 aliphatic rings. The Morgan fingerprint density at radius 3 is 2.50 bits per heavy atom. The lowest BCUT2D eigenvalue weighted by Gasteiger charge is -2.10. The molecule has 4 aromatic rings. The number of aryl methyl sites for hydroxylation is 2. The number of carbonyl (C=O) groups excluding carboxylic acids is 1. The monoisotopic (exact) mass is 420 g/mol. The number of nitrogens with one attached hydrogen (secondary N) is 1. The number of rotatable bonds is 4. The van der Waals surface area contributed by atoms with E-state index in [1.165, 1.54) is 12.1 Å². The molecular weight excluding hydrogens is 403 g/mol. The average Bonchev–Trinajstić information content (AvgIpc) is 3.17. The second kappa shape index (κ2) is 8.08. The van der Waals surface area contributed by atoms with Crippen molar-refractivity contribution in [1.82, 2.24) is 14.8 Å². The van der Waals surface area contributed by atoms with Crippen molar-refractivity contribution in [1.29, 1.82) is 0 Å². The SMILES string of the molecule is Cc1ccc(C)c(-n2nc(C(=O)Nc3ccccc3F)nc2-c2ccc(Cl)cc2)c1. The van der Waals surface area contributed by atoms with Crippen LogP contribution in [0.25, 0.3) is 17.1 Å². The van der Waals surface area contributed by atoms with Crippen molar-refractivity contribution < 1.29 is 9.18 Å². The van der Waals surface area contributed by atoms with Gasteiger partial charge in [0, 0.05) is 10.6 Å². The third kappa shape index (κ3) is 3.95. The Balaban J connectivity index is 1.81. The number of halogens is 2. The van der Waals surface area contributed by atoms with Crippen molar-refractivity contribution >= 4 is 23.2 Å². The third-order valence-electron chi connectivity index (χ3n) is 4.63. The van der Waals surface area contributed by atoms with Gasteiger partial charge in [0.25, 0.3) is 5.91 Å². The molecule has 0 fully saturated rings. The van der Waals surface area contributed by atoms with E-state index in [9.17, 15) is 9.18 Å². The third-order valence-corrected chi connectivity index (χ3v) is 4.88. The fraction of sp³-hybridized carbons (Fsp3) is 0.0870. The molecule has 0 unspecified atom stereocenters. The minimum Gasteiger partial charge on any atom is -0.317 e. The molecule has 150 valence electrons. The molecule has 4 rings (SSSR count). The number of para-hydroxylation sites is 1. The van der Waals surface area contributed by atoms with Gasteiger partial charge < -0.3 is 5.32 Å². The minimum absolute atomic E-state index is 0.0656. The highest BCUT2D eigenvalue weighted by Gasteiger charge is 2.20. The van der Waals surface area contributed by atoms with E-state index in [1.54, 1.807) is 28.9 Å². The van der Waals surface area contributed by atoms with Crippen LogP contribution >= 0.6 is 11.6 Å². The predicted molar refractivity (Wildman–Crippen MR) is 116 cm³/mol. The average molecular weight is 421 g/mol. The Hall–Kier alpha value is -3.51.